The lowest BCUT2D eigenvalue weighted by Gasteiger charge is -2.01. The molecule has 0 aromatic carbocycles. The molecule has 0 saturated heterocycles. The van der Waals surface area contributed by atoms with E-state index in [1.807, 2.05) is 0 Å². The van der Waals surface area contributed by atoms with E-state index in [1.54, 1.807) is 0 Å². The Labute approximate surface area is 69.1 Å². The van der Waals surface area contributed by atoms with Gasteiger partial charge in [0.1, 0.15) is 5.75 Å². The molecule has 0 fully saturated rings. The van der Waals surface area contributed by atoms with Crippen LogP contribution in [-0.2, 0) is 20.2 Å². The lowest BCUT2D eigenvalue weighted by molar-refractivity contribution is 0.465. The number of rotatable bonds is 3. The van der Waals surface area contributed by atoms with Gasteiger partial charge in [-0.3, -0.25) is 9.11 Å². The minimum Gasteiger partial charge on any atom is -0.285 e. The van der Waals surface area contributed by atoms with Crippen LogP contribution in [0.15, 0.2) is 0 Å². The summed E-state index contributed by atoms with van der Waals surface area (Å²) in [6, 6.07) is 1.02. The molecule has 0 aliphatic rings. The van der Waals surface area contributed by atoms with Crippen molar-refractivity contribution in [3.63, 3.8) is 0 Å². The third kappa shape index (κ3) is 4.24. The molecule has 2 N–H and O–H groups in total. The van der Waals surface area contributed by atoms with Gasteiger partial charge < -0.3 is 0 Å². The van der Waals surface area contributed by atoms with E-state index >= 15 is 0 Å². The smallest absolute Gasteiger partial charge is 0.282 e. The fourth-order valence-corrected chi connectivity index (χ4v) is 2.18. The molecule has 70 valence electrons. The van der Waals surface area contributed by atoms with Crippen molar-refractivity contribution < 1.29 is 25.9 Å². The Morgan fingerprint density at radius 1 is 1.25 bits per heavy atom. The quantitative estimate of drug-likeness (QED) is 0.556. The van der Waals surface area contributed by atoms with Gasteiger partial charge in [0.25, 0.3) is 20.2 Å². The van der Waals surface area contributed by atoms with Crippen molar-refractivity contribution in [2.24, 2.45) is 0 Å². The predicted molar refractivity (Wildman–Crippen MR) is 37.4 cm³/mol. The zero-order chi connectivity index (χ0) is 9.99. The van der Waals surface area contributed by atoms with E-state index in [9.17, 15) is 16.8 Å². The average molecular weight is 215 g/mol. The Bertz CT molecular complexity index is 385. The maximum Gasteiger partial charge on any atom is 0.282 e. The molecule has 0 aromatic rings. The molecule has 1 atom stereocenters. The summed E-state index contributed by atoms with van der Waals surface area (Å²) in [5.74, 6) is -1.33. The highest BCUT2D eigenvalue weighted by molar-refractivity contribution is 7.90. The van der Waals surface area contributed by atoms with Crippen LogP contribution in [0.3, 0.4) is 0 Å². The van der Waals surface area contributed by atoms with E-state index < -0.39 is 31.2 Å². The van der Waals surface area contributed by atoms with Crippen molar-refractivity contribution in [2.75, 3.05) is 5.75 Å². The Kier molecular flexibility index (Phi) is 3.17. The molecule has 0 bridgehead atoms. The molecule has 0 radical (unpaired) electrons. The van der Waals surface area contributed by atoms with E-state index in [2.05, 4.69) is 0 Å². The summed E-state index contributed by atoms with van der Waals surface area (Å²) in [6.45, 7) is 0. The highest BCUT2D eigenvalue weighted by Crippen LogP contribution is 2.00. The third-order valence-electron chi connectivity index (χ3n) is 0.866. The normalized spacial score (nSPS) is 15.1. The molecular formula is C3H5NO6S2. The fourth-order valence-electron chi connectivity index (χ4n) is 0.381. The monoisotopic (exact) mass is 215 g/mol. The van der Waals surface area contributed by atoms with Crippen molar-refractivity contribution in [3.05, 3.63) is 0 Å². The molecule has 1 unspecified atom stereocenters. The van der Waals surface area contributed by atoms with E-state index in [0.717, 1.165) is 6.07 Å². The minimum atomic E-state index is -4.75. The Hall–Kier alpha value is -0.690. The molecule has 7 nitrogen and oxygen atoms in total. The Morgan fingerprint density at radius 2 is 1.67 bits per heavy atom. The number of nitriles is 1. The average Bonchev–Trinajstić information content (AvgIpc) is 1.78. The standard InChI is InChI=1S/C3H5NO6S2/c4-1-3(12(8,9)10)2-11(5,6)7/h3H,2H2,(H,5,6,7)(H,8,9,10). The van der Waals surface area contributed by atoms with Gasteiger partial charge in [-0.2, -0.15) is 22.1 Å². The summed E-state index contributed by atoms with van der Waals surface area (Å²) >= 11 is 0. The fraction of sp³-hybridized carbons (Fsp3) is 0.667. The van der Waals surface area contributed by atoms with Crippen molar-refractivity contribution in [3.8, 4) is 6.07 Å². The lowest BCUT2D eigenvalue weighted by Crippen LogP contribution is -2.27. The topological polar surface area (TPSA) is 133 Å². The number of nitrogens with zero attached hydrogens (tertiary/aromatic N) is 1. The Balaban J connectivity index is 4.80. The van der Waals surface area contributed by atoms with Gasteiger partial charge in [-0.25, -0.2) is 0 Å². The molecule has 0 amide bonds. The number of hydrogen-bond donors (Lipinski definition) is 2. The Morgan fingerprint density at radius 3 is 1.75 bits per heavy atom. The largest absolute Gasteiger partial charge is 0.285 e. The third-order valence-corrected chi connectivity index (χ3v) is 2.82. The molecule has 0 rings (SSSR count). The molecule has 9 heteroatoms. The van der Waals surface area contributed by atoms with Gasteiger partial charge in [0.2, 0.25) is 0 Å². The second-order valence-corrected chi connectivity index (χ2v) is 4.98. The highest BCUT2D eigenvalue weighted by atomic mass is 32.2. The molecule has 0 aromatic heterocycles. The maximum absolute atomic E-state index is 10.2. The lowest BCUT2D eigenvalue weighted by atomic mass is 10.5. The van der Waals surface area contributed by atoms with Crippen molar-refractivity contribution in [2.45, 2.75) is 5.25 Å². The van der Waals surface area contributed by atoms with Crippen LogP contribution in [0.4, 0.5) is 0 Å². The molecule has 0 heterocycles. The first kappa shape index (κ1) is 11.3. The summed E-state index contributed by atoms with van der Waals surface area (Å²) < 4.78 is 56.9. The van der Waals surface area contributed by atoms with E-state index in [0.29, 0.717) is 0 Å². The summed E-state index contributed by atoms with van der Waals surface area (Å²) in [5.41, 5.74) is 0. The van der Waals surface area contributed by atoms with E-state index in [1.165, 1.54) is 0 Å². The van der Waals surface area contributed by atoms with Crippen LogP contribution < -0.4 is 0 Å². The first-order valence-electron chi connectivity index (χ1n) is 2.48. The second-order valence-electron chi connectivity index (χ2n) is 1.88. The van der Waals surface area contributed by atoms with Crippen LogP contribution >= 0.6 is 0 Å². The molecule has 0 spiro atoms. The van der Waals surface area contributed by atoms with Gasteiger partial charge >= 0.3 is 0 Å². The van der Waals surface area contributed by atoms with Crippen LogP contribution in [-0.4, -0.2) is 36.9 Å². The van der Waals surface area contributed by atoms with E-state index in [4.69, 9.17) is 14.4 Å². The number of hydrogen-bond acceptors (Lipinski definition) is 5. The van der Waals surface area contributed by atoms with Crippen molar-refractivity contribution >= 4 is 20.2 Å². The van der Waals surface area contributed by atoms with Crippen LogP contribution in [0.2, 0.25) is 0 Å². The zero-order valence-electron chi connectivity index (χ0n) is 5.58. The molecular weight excluding hydrogens is 210 g/mol. The van der Waals surface area contributed by atoms with Crippen molar-refractivity contribution in [1.82, 2.24) is 0 Å². The van der Waals surface area contributed by atoms with Crippen molar-refractivity contribution in [1.29, 1.82) is 5.26 Å². The van der Waals surface area contributed by atoms with Gasteiger partial charge in [0.15, 0.2) is 5.25 Å². The maximum atomic E-state index is 10.2. The molecule has 12 heavy (non-hydrogen) atoms. The SMILES string of the molecule is N#CC(CS(=O)(=O)O)S(=O)(=O)O. The van der Waals surface area contributed by atoms with Gasteiger partial charge in [0, 0.05) is 0 Å². The summed E-state index contributed by atoms with van der Waals surface area (Å²) in [6.07, 6.45) is 0. The van der Waals surface area contributed by atoms with Gasteiger partial charge in [-0.05, 0) is 0 Å². The predicted octanol–water partition coefficient (Wildman–Crippen LogP) is -1.35. The summed E-state index contributed by atoms with van der Waals surface area (Å²) in [7, 11) is -9.33. The van der Waals surface area contributed by atoms with Crippen LogP contribution in [0.1, 0.15) is 0 Å². The zero-order valence-corrected chi connectivity index (χ0v) is 7.21. The first-order valence-corrected chi connectivity index (χ1v) is 5.59. The highest BCUT2D eigenvalue weighted by Gasteiger charge is 2.27. The minimum absolute atomic E-state index is 1.02. The van der Waals surface area contributed by atoms with E-state index in [-0.39, 0.29) is 0 Å². The molecule has 0 aliphatic carbocycles. The van der Waals surface area contributed by atoms with Gasteiger partial charge in [-0.1, -0.05) is 0 Å². The van der Waals surface area contributed by atoms with Gasteiger partial charge in [-0.15, -0.1) is 0 Å². The van der Waals surface area contributed by atoms with Crippen LogP contribution in [0, 0.1) is 11.3 Å². The molecule has 0 saturated carbocycles. The molecule has 0 aliphatic heterocycles. The summed E-state index contributed by atoms with van der Waals surface area (Å²) in [5, 5.41) is 5.91. The van der Waals surface area contributed by atoms with Gasteiger partial charge in [0.05, 0.1) is 6.07 Å². The van der Waals surface area contributed by atoms with Crippen LogP contribution in [0.25, 0.3) is 0 Å². The first-order chi connectivity index (χ1) is 5.17. The second kappa shape index (κ2) is 3.36. The summed E-state index contributed by atoms with van der Waals surface area (Å²) in [4.78, 5) is 0. The van der Waals surface area contributed by atoms with Crippen LogP contribution in [0.5, 0.6) is 0 Å².